The van der Waals surface area contributed by atoms with Crippen LogP contribution in [0.5, 0.6) is 0 Å². The Balaban J connectivity index is 1.22. The molecule has 5 nitrogen and oxygen atoms in total. The summed E-state index contributed by atoms with van der Waals surface area (Å²) in [5, 5.41) is 12.1. The molecule has 2 atom stereocenters. The maximum atomic E-state index is 9.83. The van der Waals surface area contributed by atoms with E-state index >= 15 is 0 Å². The summed E-state index contributed by atoms with van der Waals surface area (Å²) in [5.74, 6) is 0.765. The minimum absolute atomic E-state index is 0.0394. The van der Waals surface area contributed by atoms with E-state index in [9.17, 15) is 5.26 Å². The molecule has 2 aromatic heterocycles. The predicted molar refractivity (Wildman–Crippen MR) is 209 cm³/mol. The first kappa shape index (κ1) is 29.8. The standard InChI is InChI=1S/C47H30N4O/c48-29-30-12-11-17-33(24-30)34-25-35(41-28-40(31-13-3-1-4-14-31)49-47(50-41)32-15-5-2-6-16-32)27-36(26-34)51-42-20-9-7-19-39(42)45-43(51)23-22-38-37-18-8-10-21-44(37)52-46(38)45/h1-28,39,42H. The number of hydrogen-bond donors (Lipinski definition) is 0. The number of rotatable bonds is 5. The topological polar surface area (TPSA) is 66.0 Å². The Hall–Kier alpha value is -7.03. The maximum Gasteiger partial charge on any atom is 0.160 e. The summed E-state index contributed by atoms with van der Waals surface area (Å²) in [6.07, 6.45) is 8.86. The fraction of sp³-hybridized carbons (Fsp3) is 0.0426. The zero-order valence-electron chi connectivity index (χ0n) is 28.0. The number of nitrogens with zero attached hydrogens (tertiary/aromatic N) is 4. The Morgan fingerprint density at radius 3 is 2.12 bits per heavy atom. The van der Waals surface area contributed by atoms with E-state index in [2.05, 4.69) is 102 Å². The molecule has 244 valence electrons. The van der Waals surface area contributed by atoms with E-state index in [0.717, 1.165) is 72.5 Å². The third-order valence-corrected chi connectivity index (χ3v) is 10.2. The van der Waals surface area contributed by atoms with Gasteiger partial charge in [0.2, 0.25) is 0 Å². The molecule has 1 aliphatic heterocycles. The summed E-state index contributed by atoms with van der Waals surface area (Å²) in [4.78, 5) is 12.7. The number of fused-ring (bicyclic) bond motifs is 7. The first-order valence-electron chi connectivity index (χ1n) is 17.5. The van der Waals surface area contributed by atoms with Crippen LogP contribution in [0.4, 0.5) is 11.4 Å². The van der Waals surface area contributed by atoms with Crippen LogP contribution in [0, 0.1) is 11.3 Å². The average Bonchev–Trinajstić information content (AvgIpc) is 3.77. The molecule has 10 rings (SSSR count). The molecule has 0 saturated heterocycles. The van der Waals surface area contributed by atoms with Gasteiger partial charge in [0.1, 0.15) is 11.2 Å². The Bertz CT molecular complexity index is 2720. The van der Waals surface area contributed by atoms with Crippen molar-refractivity contribution >= 4 is 33.3 Å². The van der Waals surface area contributed by atoms with Gasteiger partial charge < -0.3 is 9.32 Å². The molecule has 0 bridgehead atoms. The van der Waals surface area contributed by atoms with E-state index in [1.165, 1.54) is 5.56 Å². The molecule has 3 heterocycles. The van der Waals surface area contributed by atoms with Crippen LogP contribution in [-0.4, -0.2) is 16.0 Å². The van der Waals surface area contributed by atoms with Crippen molar-refractivity contribution in [1.29, 1.82) is 5.26 Å². The summed E-state index contributed by atoms with van der Waals surface area (Å²) >= 11 is 0. The first-order chi connectivity index (χ1) is 25.7. The second-order valence-electron chi connectivity index (χ2n) is 13.3. The molecule has 2 unspecified atom stereocenters. The maximum absolute atomic E-state index is 9.83. The normalized spacial score (nSPS) is 15.9. The molecule has 0 radical (unpaired) electrons. The van der Waals surface area contributed by atoms with Gasteiger partial charge in [-0.3, -0.25) is 0 Å². The lowest BCUT2D eigenvalue weighted by Gasteiger charge is -2.29. The van der Waals surface area contributed by atoms with Gasteiger partial charge in [-0.1, -0.05) is 115 Å². The van der Waals surface area contributed by atoms with Crippen molar-refractivity contribution in [3.05, 3.63) is 181 Å². The van der Waals surface area contributed by atoms with Crippen LogP contribution in [0.2, 0.25) is 0 Å². The van der Waals surface area contributed by atoms with Crippen LogP contribution in [0.1, 0.15) is 17.0 Å². The monoisotopic (exact) mass is 666 g/mol. The minimum Gasteiger partial charge on any atom is -0.456 e. The zero-order chi connectivity index (χ0) is 34.6. The second kappa shape index (κ2) is 12.1. The van der Waals surface area contributed by atoms with Crippen LogP contribution in [0.25, 0.3) is 67.0 Å². The van der Waals surface area contributed by atoms with E-state index in [1.54, 1.807) is 0 Å². The lowest BCUT2D eigenvalue weighted by atomic mass is 9.90. The van der Waals surface area contributed by atoms with Gasteiger partial charge in [-0.05, 0) is 65.7 Å². The quantitative estimate of drug-likeness (QED) is 0.183. The molecule has 52 heavy (non-hydrogen) atoms. The zero-order valence-corrected chi connectivity index (χ0v) is 28.0. The summed E-state index contributed by atoms with van der Waals surface area (Å²) < 4.78 is 6.62. The van der Waals surface area contributed by atoms with Crippen LogP contribution in [0.15, 0.2) is 174 Å². The van der Waals surface area contributed by atoms with Crippen LogP contribution in [-0.2, 0) is 0 Å². The highest BCUT2D eigenvalue weighted by Crippen LogP contribution is 2.52. The van der Waals surface area contributed by atoms with E-state index in [4.69, 9.17) is 14.4 Å². The smallest absolute Gasteiger partial charge is 0.160 e. The Kier molecular flexibility index (Phi) is 6.94. The molecule has 2 aliphatic rings. The number of benzene rings is 6. The number of hydrogen-bond acceptors (Lipinski definition) is 5. The van der Waals surface area contributed by atoms with Crippen molar-refractivity contribution in [3.63, 3.8) is 0 Å². The lowest BCUT2D eigenvalue weighted by Crippen LogP contribution is -2.28. The second-order valence-corrected chi connectivity index (χ2v) is 13.3. The number of nitriles is 1. The number of anilines is 2. The third-order valence-electron chi connectivity index (χ3n) is 10.2. The highest BCUT2D eigenvalue weighted by Gasteiger charge is 2.40. The number of aromatic nitrogens is 2. The van der Waals surface area contributed by atoms with Gasteiger partial charge in [-0.25, -0.2) is 9.97 Å². The van der Waals surface area contributed by atoms with Crippen LogP contribution in [0.3, 0.4) is 0 Å². The highest BCUT2D eigenvalue weighted by molar-refractivity contribution is 6.08. The number of furan rings is 1. The van der Waals surface area contributed by atoms with Gasteiger partial charge in [0.15, 0.2) is 5.82 Å². The lowest BCUT2D eigenvalue weighted by molar-refractivity contribution is 0.656. The third kappa shape index (κ3) is 4.93. The molecule has 0 N–H and O–H groups in total. The van der Waals surface area contributed by atoms with Crippen molar-refractivity contribution in [2.45, 2.75) is 12.0 Å². The van der Waals surface area contributed by atoms with E-state index in [0.29, 0.717) is 11.4 Å². The molecule has 0 amide bonds. The summed E-state index contributed by atoms with van der Waals surface area (Å²) in [6, 6.07) is 52.0. The Labute approximate surface area is 301 Å². The summed E-state index contributed by atoms with van der Waals surface area (Å²) in [7, 11) is 0. The van der Waals surface area contributed by atoms with Gasteiger partial charge in [0, 0.05) is 50.3 Å². The fourth-order valence-electron chi connectivity index (χ4n) is 7.81. The molecule has 6 aromatic carbocycles. The molecule has 0 spiro atoms. The average molecular weight is 667 g/mol. The van der Waals surface area contributed by atoms with Crippen molar-refractivity contribution in [2.24, 2.45) is 0 Å². The van der Waals surface area contributed by atoms with Crippen molar-refractivity contribution in [1.82, 2.24) is 9.97 Å². The first-order valence-corrected chi connectivity index (χ1v) is 17.5. The molecular weight excluding hydrogens is 637 g/mol. The SMILES string of the molecule is N#Cc1cccc(-c2cc(-c3cc(-c4ccccc4)nc(-c4ccccc4)n3)cc(N3c4ccc5c(oc6ccccc65)c4C4C=CC=CC43)c2)c1. The predicted octanol–water partition coefficient (Wildman–Crippen LogP) is 11.6. The number of allylic oxidation sites excluding steroid dienone is 2. The van der Waals surface area contributed by atoms with Crippen LogP contribution < -0.4 is 4.90 Å². The Morgan fingerprint density at radius 2 is 1.29 bits per heavy atom. The van der Waals surface area contributed by atoms with Gasteiger partial charge in [-0.2, -0.15) is 5.26 Å². The minimum atomic E-state index is 0.0394. The molecule has 0 saturated carbocycles. The molecule has 8 aromatic rings. The van der Waals surface area contributed by atoms with Gasteiger partial charge in [-0.15, -0.1) is 0 Å². The Morgan fingerprint density at radius 1 is 0.577 bits per heavy atom. The molecular formula is C47H30N4O. The van der Waals surface area contributed by atoms with Crippen molar-refractivity contribution < 1.29 is 4.42 Å². The van der Waals surface area contributed by atoms with E-state index < -0.39 is 0 Å². The summed E-state index contributed by atoms with van der Waals surface area (Å²) in [6.45, 7) is 0. The van der Waals surface area contributed by atoms with Crippen molar-refractivity contribution in [2.75, 3.05) is 4.90 Å². The molecule has 1 aliphatic carbocycles. The van der Waals surface area contributed by atoms with Crippen molar-refractivity contribution in [3.8, 4) is 51.1 Å². The largest absolute Gasteiger partial charge is 0.456 e. The number of para-hydroxylation sites is 1. The van der Waals surface area contributed by atoms with E-state index in [1.807, 2.05) is 78.9 Å². The van der Waals surface area contributed by atoms with Gasteiger partial charge in [0.25, 0.3) is 0 Å². The van der Waals surface area contributed by atoms with Gasteiger partial charge >= 0.3 is 0 Å². The van der Waals surface area contributed by atoms with Crippen LogP contribution >= 0.6 is 0 Å². The highest BCUT2D eigenvalue weighted by atomic mass is 16.3. The molecule has 5 heteroatoms. The summed E-state index contributed by atoms with van der Waals surface area (Å²) in [5.41, 5.74) is 12.3. The fourth-order valence-corrected chi connectivity index (χ4v) is 7.81. The van der Waals surface area contributed by atoms with Gasteiger partial charge in [0.05, 0.1) is 29.1 Å². The molecule has 0 fully saturated rings. The van der Waals surface area contributed by atoms with E-state index in [-0.39, 0.29) is 12.0 Å².